The average molecular weight is 195 g/mol. The number of fused-ring (bicyclic) bond motifs is 1. The van der Waals surface area contributed by atoms with Gasteiger partial charge in [0.2, 0.25) is 0 Å². The summed E-state index contributed by atoms with van der Waals surface area (Å²) in [5.41, 5.74) is 1.07. The molecule has 14 heavy (non-hydrogen) atoms. The predicted octanol–water partition coefficient (Wildman–Crippen LogP) is 0.917. The minimum Gasteiger partial charge on any atom is -0.505 e. The van der Waals surface area contributed by atoms with E-state index in [9.17, 15) is 9.18 Å². The number of carbonyl (C=O) groups excluding carboxylic acids is 1. The third-order valence-corrected chi connectivity index (χ3v) is 2.46. The number of hydrogen-bond donors (Lipinski definition) is 2. The molecule has 0 fully saturated rings. The number of benzene rings is 1. The van der Waals surface area contributed by atoms with E-state index in [1.807, 2.05) is 0 Å². The Morgan fingerprint density at radius 2 is 2.36 bits per heavy atom. The molecule has 1 aliphatic rings. The fourth-order valence-corrected chi connectivity index (χ4v) is 1.76. The van der Waals surface area contributed by atoms with Gasteiger partial charge in [0, 0.05) is 12.1 Å². The van der Waals surface area contributed by atoms with Gasteiger partial charge in [-0.25, -0.2) is 4.39 Å². The standard InChI is InChI=1S/C10H10FNO2/c11-10-8(14)2-1-6-3-4-12-7(5-13)9(6)10/h1-2,5,7,12,14H,3-4H2. The van der Waals surface area contributed by atoms with Crippen LogP contribution in [0.1, 0.15) is 17.2 Å². The van der Waals surface area contributed by atoms with Crippen molar-refractivity contribution < 1.29 is 14.3 Å². The van der Waals surface area contributed by atoms with Gasteiger partial charge in [0.15, 0.2) is 11.6 Å². The normalized spacial score (nSPS) is 20.2. The summed E-state index contributed by atoms with van der Waals surface area (Å²) in [4.78, 5) is 10.7. The fraction of sp³-hybridized carbons (Fsp3) is 0.300. The van der Waals surface area contributed by atoms with Crippen molar-refractivity contribution in [3.05, 3.63) is 29.1 Å². The first-order valence-corrected chi connectivity index (χ1v) is 4.43. The van der Waals surface area contributed by atoms with Crippen LogP contribution in [0.2, 0.25) is 0 Å². The van der Waals surface area contributed by atoms with Gasteiger partial charge in [-0.15, -0.1) is 0 Å². The monoisotopic (exact) mass is 195 g/mol. The number of aromatic hydroxyl groups is 1. The molecule has 0 radical (unpaired) electrons. The second kappa shape index (κ2) is 3.38. The lowest BCUT2D eigenvalue weighted by molar-refractivity contribution is -0.109. The maximum absolute atomic E-state index is 13.5. The number of aldehydes is 1. The molecule has 2 rings (SSSR count). The van der Waals surface area contributed by atoms with Gasteiger partial charge in [-0.2, -0.15) is 0 Å². The Morgan fingerprint density at radius 1 is 1.57 bits per heavy atom. The molecule has 0 saturated heterocycles. The molecule has 1 atom stereocenters. The lowest BCUT2D eigenvalue weighted by Crippen LogP contribution is -2.31. The smallest absolute Gasteiger partial charge is 0.170 e. The molecule has 4 heteroatoms. The quantitative estimate of drug-likeness (QED) is 0.655. The van der Waals surface area contributed by atoms with Crippen LogP contribution in [0, 0.1) is 5.82 Å². The Bertz CT molecular complexity index is 379. The maximum atomic E-state index is 13.5. The third kappa shape index (κ3) is 1.28. The van der Waals surface area contributed by atoms with Crippen molar-refractivity contribution in [3.8, 4) is 5.75 Å². The van der Waals surface area contributed by atoms with Crippen LogP contribution < -0.4 is 5.32 Å². The predicted molar refractivity (Wildman–Crippen MR) is 48.6 cm³/mol. The number of rotatable bonds is 1. The van der Waals surface area contributed by atoms with Crippen LogP contribution in [0.15, 0.2) is 12.1 Å². The molecule has 0 aromatic heterocycles. The molecule has 3 nitrogen and oxygen atoms in total. The zero-order valence-electron chi connectivity index (χ0n) is 7.46. The van der Waals surface area contributed by atoms with Crippen LogP contribution in [0.4, 0.5) is 4.39 Å². The Morgan fingerprint density at radius 3 is 3.07 bits per heavy atom. The zero-order valence-corrected chi connectivity index (χ0v) is 7.46. The van der Waals surface area contributed by atoms with E-state index in [0.29, 0.717) is 19.3 Å². The van der Waals surface area contributed by atoms with Crippen molar-refractivity contribution in [3.63, 3.8) is 0 Å². The van der Waals surface area contributed by atoms with Crippen molar-refractivity contribution >= 4 is 6.29 Å². The van der Waals surface area contributed by atoms with Crippen molar-refractivity contribution in [2.45, 2.75) is 12.5 Å². The van der Waals surface area contributed by atoms with Crippen molar-refractivity contribution in [2.24, 2.45) is 0 Å². The van der Waals surface area contributed by atoms with Crippen molar-refractivity contribution in [1.82, 2.24) is 5.32 Å². The fourth-order valence-electron chi connectivity index (χ4n) is 1.76. The highest BCUT2D eigenvalue weighted by Gasteiger charge is 2.24. The summed E-state index contributed by atoms with van der Waals surface area (Å²) in [5, 5.41) is 12.0. The molecular formula is C10H10FNO2. The molecular weight excluding hydrogens is 185 g/mol. The van der Waals surface area contributed by atoms with E-state index in [4.69, 9.17) is 5.11 Å². The first kappa shape index (κ1) is 9.15. The van der Waals surface area contributed by atoms with Gasteiger partial charge in [-0.05, 0) is 18.1 Å². The number of nitrogens with one attached hydrogen (secondary N) is 1. The average Bonchev–Trinajstić information content (AvgIpc) is 2.23. The number of phenols is 1. The molecule has 74 valence electrons. The molecule has 0 aliphatic carbocycles. The summed E-state index contributed by atoms with van der Waals surface area (Å²) in [6, 6.07) is 2.35. The number of hydrogen-bond acceptors (Lipinski definition) is 3. The van der Waals surface area contributed by atoms with Gasteiger partial charge in [-0.1, -0.05) is 6.07 Å². The van der Waals surface area contributed by atoms with Crippen LogP contribution in [-0.2, 0) is 11.2 Å². The van der Waals surface area contributed by atoms with Gasteiger partial charge >= 0.3 is 0 Å². The first-order valence-electron chi connectivity index (χ1n) is 4.43. The maximum Gasteiger partial charge on any atom is 0.170 e. The number of halogens is 1. The van der Waals surface area contributed by atoms with E-state index in [2.05, 4.69) is 5.32 Å². The molecule has 1 heterocycles. The molecule has 1 aromatic carbocycles. The summed E-state index contributed by atoms with van der Waals surface area (Å²) in [6.07, 6.45) is 1.33. The summed E-state index contributed by atoms with van der Waals surface area (Å²) < 4.78 is 13.5. The highest BCUT2D eigenvalue weighted by molar-refractivity contribution is 5.64. The largest absolute Gasteiger partial charge is 0.505 e. The number of carbonyl (C=O) groups is 1. The minimum atomic E-state index is -0.688. The molecule has 0 saturated carbocycles. The molecule has 0 bridgehead atoms. The van der Waals surface area contributed by atoms with E-state index in [1.165, 1.54) is 6.07 Å². The minimum absolute atomic E-state index is 0.284. The van der Waals surface area contributed by atoms with Gasteiger partial charge in [0.25, 0.3) is 0 Å². The summed E-state index contributed by atoms with van der Waals surface area (Å²) >= 11 is 0. The molecule has 1 aromatic rings. The van der Waals surface area contributed by atoms with Gasteiger partial charge in [0.1, 0.15) is 6.29 Å². The second-order valence-corrected chi connectivity index (χ2v) is 3.29. The van der Waals surface area contributed by atoms with Crippen LogP contribution in [-0.4, -0.2) is 17.9 Å². The number of phenolic OH excluding ortho intramolecular Hbond substituents is 1. The Labute approximate surface area is 80.6 Å². The second-order valence-electron chi connectivity index (χ2n) is 3.29. The summed E-state index contributed by atoms with van der Waals surface area (Å²) in [6.45, 7) is 0.653. The van der Waals surface area contributed by atoms with Crippen molar-refractivity contribution in [2.75, 3.05) is 6.54 Å². The molecule has 2 N–H and O–H groups in total. The van der Waals surface area contributed by atoms with Crippen LogP contribution >= 0.6 is 0 Å². The van der Waals surface area contributed by atoms with E-state index >= 15 is 0 Å². The van der Waals surface area contributed by atoms with Crippen LogP contribution in [0.5, 0.6) is 5.75 Å². The summed E-state index contributed by atoms with van der Waals surface area (Å²) in [5.74, 6) is -1.09. The molecule has 1 aliphatic heterocycles. The lowest BCUT2D eigenvalue weighted by atomic mass is 9.94. The molecule has 0 amide bonds. The highest BCUT2D eigenvalue weighted by atomic mass is 19.1. The third-order valence-electron chi connectivity index (χ3n) is 2.46. The molecule has 0 spiro atoms. The lowest BCUT2D eigenvalue weighted by Gasteiger charge is -2.23. The van der Waals surface area contributed by atoms with Crippen LogP contribution in [0.3, 0.4) is 0 Å². The van der Waals surface area contributed by atoms with E-state index in [1.54, 1.807) is 6.07 Å². The van der Waals surface area contributed by atoms with Gasteiger partial charge < -0.3 is 15.2 Å². The Hall–Kier alpha value is -1.42. The molecule has 1 unspecified atom stereocenters. The van der Waals surface area contributed by atoms with E-state index in [-0.39, 0.29) is 5.56 Å². The highest BCUT2D eigenvalue weighted by Crippen LogP contribution is 2.29. The Kier molecular flexibility index (Phi) is 2.21. The SMILES string of the molecule is O=CC1NCCc2ccc(O)c(F)c21. The summed E-state index contributed by atoms with van der Waals surface area (Å²) in [7, 11) is 0. The van der Waals surface area contributed by atoms with E-state index in [0.717, 1.165) is 5.56 Å². The Balaban J connectivity index is 2.58. The van der Waals surface area contributed by atoms with Gasteiger partial charge in [-0.3, -0.25) is 0 Å². The van der Waals surface area contributed by atoms with Gasteiger partial charge in [0.05, 0.1) is 6.04 Å². The van der Waals surface area contributed by atoms with Crippen molar-refractivity contribution in [1.29, 1.82) is 0 Å². The first-order chi connectivity index (χ1) is 6.74. The zero-order chi connectivity index (χ0) is 10.1. The van der Waals surface area contributed by atoms with Crippen LogP contribution in [0.25, 0.3) is 0 Å². The van der Waals surface area contributed by atoms with E-state index < -0.39 is 17.6 Å². The topological polar surface area (TPSA) is 49.3 Å².